The predicted molar refractivity (Wildman–Crippen MR) is 101 cm³/mol. The molecular formula is C19H23ClO4S. The van der Waals surface area contributed by atoms with Crippen molar-refractivity contribution in [3.05, 3.63) is 51.5 Å². The lowest BCUT2D eigenvalue weighted by molar-refractivity contribution is 0.397. The number of ether oxygens (including phenoxy) is 1. The van der Waals surface area contributed by atoms with E-state index in [-0.39, 0.29) is 22.3 Å². The third-order valence-corrected chi connectivity index (χ3v) is 5.93. The third-order valence-electron chi connectivity index (χ3n) is 4.06. The second kappa shape index (κ2) is 7.26. The van der Waals surface area contributed by atoms with Crippen molar-refractivity contribution < 1.29 is 17.3 Å². The summed E-state index contributed by atoms with van der Waals surface area (Å²) in [4.78, 5) is 0.0227. The minimum atomic E-state index is -4.04. The molecule has 0 aromatic heterocycles. The van der Waals surface area contributed by atoms with Crippen LogP contribution in [0.4, 0.5) is 0 Å². The quantitative estimate of drug-likeness (QED) is 0.670. The second-order valence-corrected chi connectivity index (χ2v) is 8.32. The van der Waals surface area contributed by atoms with Crippen LogP contribution in [-0.4, -0.2) is 15.5 Å². The molecule has 0 radical (unpaired) electrons. The van der Waals surface area contributed by atoms with Crippen molar-refractivity contribution in [3.63, 3.8) is 0 Å². The Morgan fingerprint density at radius 1 is 0.960 bits per heavy atom. The Hall–Kier alpha value is -1.72. The van der Waals surface area contributed by atoms with Crippen LogP contribution in [0.5, 0.6) is 11.5 Å². The topological polar surface area (TPSA) is 52.6 Å². The van der Waals surface area contributed by atoms with E-state index in [0.29, 0.717) is 5.02 Å². The predicted octanol–water partition coefficient (Wildman–Crippen LogP) is 5.16. The Morgan fingerprint density at radius 3 is 2.00 bits per heavy atom. The SMILES string of the molecule is COc1cc(C)c(C(C)C)cc1S(=O)(=O)Oc1cc(C)c(Cl)c(C)c1. The number of rotatable bonds is 5. The molecule has 0 N–H and O–H groups in total. The van der Waals surface area contributed by atoms with Crippen LogP contribution < -0.4 is 8.92 Å². The Balaban J connectivity index is 2.54. The molecule has 2 rings (SSSR count). The van der Waals surface area contributed by atoms with Gasteiger partial charge in [0, 0.05) is 5.02 Å². The van der Waals surface area contributed by atoms with Crippen molar-refractivity contribution in [1.29, 1.82) is 0 Å². The van der Waals surface area contributed by atoms with E-state index in [1.807, 2.05) is 20.8 Å². The highest BCUT2D eigenvalue weighted by molar-refractivity contribution is 7.87. The van der Waals surface area contributed by atoms with Crippen LogP contribution >= 0.6 is 11.6 Å². The zero-order chi connectivity index (χ0) is 18.9. The average molecular weight is 383 g/mol. The molecule has 0 aliphatic rings. The molecule has 0 saturated carbocycles. The molecule has 4 nitrogen and oxygen atoms in total. The fourth-order valence-corrected chi connectivity index (χ4v) is 3.99. The molecule has 136 valence electrons. The molecule has 0 heterocycles. The molecule has 0 unspecified atom stereocenters. The van der Waals surface area contributed by atoms with E-state index < -0.39 is 10.1 Å². The molecule has 0 aliphatic carbocycles. The molecule has 2 aromatic rings. The second-order valence-electron chi connectivity index (χ2n) is 6.42. The summed E-state index contributed by atoms with van der Waals surface area (Å²) in [7, 11) is -2.60. The van der Waals surface area contributed by atoms with Crippen molar-refractivity contribution in [3.8, 4) is 11.5 Å². The maximum Gasteiger partial charge on any atom is 0.342 e. The highest BCUT2D eigenvalue weighted by Gasteiger charge is 2.24. The summed E-state index contributed by atoms with van der Waals surface area (Å²) >= 11 is 6.13. The number of benzene rings is 2. The summed E-state index contributed by atoms with van der Waals surface area (Å²) < 4.78 is 36.3. The molecule has 0 fully saturated rings. The Labute approximate surface area is 154 Å². The first-order chi connectivity index (χ1) is 11.6. The first-order valence-corrected chi connectivity index (χ1v) is 9.75. The van der Waals surface area contributed by atoms with Crippen molar-refractivity contribution in [2.45, 2.75) is 45.4 Å². The van der Waals surface area contributed by atoms with E-state index in [2.05, 4.69) is 0 Å². The van der Waals surface area contributed by atoms with E-state index in [9.17, 15) is 8.42 Å². The molecule has 0 bridgehead atoms. The third kappa shape index (κ3) is 4.10. The van der Waals surface area contributed by atoms with Crippen LogP contribution in [0.15, 0.2) is 29.2 Å². The summed E-state index contributed by atoms with van der Waals surface area (Å²) in [5.74, 6) is 0.678. The molecule has 25 heavy (non-hydrogen) atoms. The van der Waals surface area contributed by atoms with E-state index in [1.165, 1.54) is 7.11 Å². The summed E-state index contributed by atoms with van der Waals surface area (Å²) in [5, 5.41) is 0.597. The zero-order valence-corrected chi connectivity index (χ0v) is 16.9. The van der Waals surface area contributed by atoms with Crippen LogP contribution in [0.3, 0.4) is 0 Å². The van der Waals surface area contributed by atoms with E-state index >= 15 is 0 Å². The lowest BCUT2D eigenvalue weighted by Crippen LogP contribution is -2.13. The van der Waals surface area contributed by atoms with Gasteiger partial charge in [-0.2, -0.15) is 8.42 Å². The largest absolute Gasteiger partial charge is 0.495 e. The summed E-state index contributed by atoms with van der Waals surface area (Å²) in [6, 6.07) is 6.57. The van der Waals surface area contributed by atoms with Crippen molar-refractivity contribution in [1.82, 2.24) is 0 Å². The molecule has 6 heteroatoms. The fraction of sp³-hybridized carbons (Fsp3) is 0.368. The van der Waals surface area contributed by atoms with Crippen LogP contribution in [0.2, 0.25) is 5.02 Å². The van der Waals surface area contributed by atoms with Crippen molar-refractivity contribution >= 4 is 21.7 Å². The van der Waals surface area contributed by atoms with Crippen LogP contribution in [-0.2, 0) is 10.1 Å². The molecular weight excluding hydrogens is 360 g/mol. The van der Waals surface area contributed by atoms with E-state index in [4.69, 9.17) is 20.5 Å². The first-order valence-electron chi connectivity index (χ1n) is 7.96. The van der Waals surface area contributed by atoms with Gasteiger partial charge in [0.15, 0.2) is 0 Å². The van der Waals surface area contributed by atoms with Gasteiger partial charge in [-0.15, -0.1) is 0 Å². The lowest BCUT2D eigenvalue weighted by Gasteiger charge is -2.16. The Kier molecular flexibility index (Phi) is 5.69. The van der Waals surface area contributed by atoms with Gasteiger partial charge in [-0.05, 0) is 73.2 Å². The number of hydrogen-bond donors (Lipinski definition) is 0. The minimum absolute atomic E-state index is 0.0227. The van der Waals surface area contributed by atoms with Crippen LogP contribution in [0.1, 0.15) is 42.0 Å². The molecule has 2 aromatic carbocycles. The van der Waals surface area contributed by atoms with Gasteiger partial charge in [0.1, 0.15) is 16.4 Å². The van der Waals surface area contributed by atoms with Gasteiger partial charge in [0.25, 0.3) is 0 Å². The van der Waals surface area contributed by atoms with Gasteiger partial charge in [-0.25, -0.2) is 0 Å². The van der Waals surface area contributed by atoms with Gasteiger partial charge in [-0.3, -0.25) is 0 Å². The molecule has 0 atom stereocenters. The number of hydrogen-bond acceptors (Lipinski definition) is 4. The summed E-state index contributed by atoms with van der Waals surface area (Å²) in [6.45, 7) is 9.56. The monoisotopic (exact) mass is 382 g/mol. The number of methoxy groups -OCH3 is 1. The van der Waals surface area contributed by atoms with Crippen molar-refractivity contribution in [2.75, 3.05) is 7.11 Å². The zero-order valence-electron chi connectivity index (χ0n) is 15.3. The van der Waals surface area contributed by atoms with Gasteiger partial charge in [-0.1, -0.05) is 25.4 Å². The van der Waals surface area contributed by atoms with Gasteiger partial charge >= 0.3 is 10.1 Å². The molecule has 0 saturated heterocycles. The lowest BCUT2D eigenvalue weighted by atomic mass is 9.98. The first kappa shape index (κ1) is 19.6. The van der Waals surface area contributed by atoms with Crippen LogP contribution in [0, 0.1) is 20.8 Å². The standard InChI is InChI=1S/C19H23ClO4S/c1-11(2)16-10-18(17(23-6)9-12(16)3)25(21,22)24-15-7-13(4)19(20)14(5)8-15/h7-11H,1-6H3. The minimum Gasteiger partial charge on any atom is -0.495 e. The fourth-order valence-electron chi connectivity index (χ4n) is 2.78. The number of aryl methyl sites for hydroxylation is 3. The van der Waals surface area contributed by atoms with E-state index in [1.54, 1.807) is 38.1 Å². The van der Waals surface area contributed by atoms with Gasteiger partial charge < -0.3 is 8.92 Å². The normalized spacial score (nSPS) is 11.7. The van der Waals surface area contributed by atoms with Crippen molar-refractivity contribution in [2.24, 2.45) is 0 Å². The maximum absolute atomic E-state index is 12.8. The smallest absolute Gasteiger partial charge is 0.342 e. The maximum atomic E-state index is 12.8. The van der Waals surface area contributed by atoms with E-state index in [0.717, 1.165) is 22.3 Å². The molecule has 0 aliphatic heterocycles. The highest BCUT2D eigenvalue weighted by Crippen LogP contribution is 2.34. The Morgan fingerprint density at radius 2 is 1.52 bits per heavy atom. The van der Waals surface area contributed by atoms with Crippen LogP contribution in [0.25, 0.3) is 0 Å². The van der Waals surface area contributed by atoms with Gasteiger partial charge in [0.2, 0.25) is 0 Å². The molecule has 0 amide bonds. The molecule has 0 spiro atoms. The summed E-state index contributed by atoms with van der Waals surface area (Å²) in [5.41, 5.74) is 3.42. The summed E-state index contributed by atoms with van der Waals surface area (Å²) in [6.07, 6.45) is 0. The highest BCUT2D eigenvalue weighted by atomic mass is 35.5. The average Bonchev–Trinajstić information content (AvgIpc) is 2.51. The number of halogens is 1. The Bertz CT molecular complexity index is 879. The van der Waals surface area contributed by atoms with Gasteiger partial charge in [0.05, 0.1) is 7.11 Å².